The van der Waals surface area contributed by atoms with Crippen LogP contribution in [0, 0.1) is 0 Å². The molecule has 0 aliphatic heterocycles. The quantitative estimate of drug-likeness (QED) is 0.606. The molecule has 0 fully saturated rings. The molecule has 0 bridgehead atoms. The Morgan fingerprint density at radius 2 is 1.03 bits per heavy atom. The standard InChI is InChI=1S/C18H10F6O6/c19-17(20,21)16(18(22,23)24,9-3-1-8(2-4-9)13(25)26)10-5-6-11(14(27)28)12(7-10)15(29)30/h1-7H,(H,25,26)(H,27,28)(H,29,30). The van der Waals surface area contributed by atoms with Crippen molar-refractivity contribution in [3.63, 3.8) is 0 Å². The number of alkyl halides is 6. The zero-order valence-electron chi connectivity index (χ0n) is 14.4. The highest BCUT2D eigenvalue weighted by molar-refractivity contribution is 6.01. The van der Waals surface area contributed by atoms with E-state index in [1.807, 2.05) is 0 Å². The SMILES string of the molecule is O=C(O)c1ccc(C(c2ccc(C(=O)O)c(C(=O)O)c2)(C(F)(F)F)C(F)(F)F)cc1. The van der Waals surface area contributed by atoms with Crippen molar-refractivity contribution in [1.82, 2.24) is 0 Å². The molecule has 0 aliphatic carbocycles. The van der Waals surface area contributed by atoms with Crippen molar-refractivity contribution in [2.24, 2.45) is 0 Å². The van der Waals surface area contributed by atoms with Crippen LogP contribution in [-0.4, -0.2) is 45.6 Å². The van der Waals surface area contributed by atoms with E-state index in [4.69, 9.17) is 15.3 Å². The molecule has 0 saturated heterocycles. The average molecular weight is 436 g/mol. The maximum Gasteiger partial charge on any atom is 0.411 e. The van der Waals surface area contributed by atoms with Crippen LogP contribution in [0.25, 0.3) is 0 Å². The van der Waals surface area contributed by atoms with Gasteiger partial charge >= 0.3 is 30.3 Å². The Morgan fingerprint density at radius 3 is 1.40 bits per heavy atom. The fraction of sp³-hybridized carbons (Fsp3) is 0.167. The summed E-state index contributed by atoms with van der Waals surface area (Å²) in [5, 5.41) is 26.9. The minimum atomic E-state index is -6.06. The highest BCUT2D eigenvalue weighted by atomic mass is 19.4. The third-order valence-electron chi connectivity index (χ3n) is 4.33. The number of benzene rings is 2. The number of rotatable bonds is 5. The zero-order chi connectivity index (χ0) is 23.1. The van der Waals surface area contributed by atoms with Gasteiger partial charge in [0.2, 0.25) is 5.41 Å². The number of hydrogen-bond donors (Lipinski definition) is 3. The Kier molecular flexibility index (Phi) is 5.57. The predicted octanol–water partition coefficient (Wildman–Crippen LogP) is 4.19. The largest absolute Gasteiger partial charge is 0.478 e. The van der Waals surface area contributed by atoms with Gasteiger partial charge in [-0.15, -0.1) is 0 Å². The van der Waals surface area contributed by atoms with Crippen molar-refractivity contribution in [1.29, 1.82) is 0 Å². The number of aromatic carboxylic acids is 3. The molecule has 2 aromatic rings. The molecule has 0 atom stereocenters. The van der Waals surface area contributed by atoms with Gasteiger partial charge in [-0.2, -0.15) is 26.3 Å². The molecule has 0 unspecified atom stereocenters. The van der Waals surface area contributed by atoms with Gasteiger partial charge in [0.1, 0.15) is 0 Å². The summed E-state index contributed by atoms with van der Waals surface area (Å²) >= 11 is 0. The van der Waals surface area contributed by atoms with Crippen LogP contribution in [0.5, 0.6) is 0 Å². The first-order valence-corrected chi connectivity index (χ1v) is 7.73. The van der Waals surface area contributed by atoms with Crippen molar-refractivity contribution in [2.45, 2.75) is 17.8 Å². The lowest BCUT2D eigenvalue weighted by atomic mass is 9.72. The number of hydrogen-bond acceptors (Lipinski definition) is 3. The number of carboxylic acid groups (broad SMARTS) is 3. The van der Waals surface area contributed by atoms with E-state index in [2.05, 4.69) is 0 Å². The molecule has 3 N–H and O–H groups in total. The van der Waals surface area contributed by atoms with E-state index in [1.54, 1.807) is 0 Å². The lowest BCUT2D eigenvalue weighted by molar-refractivity contribution is -0.288. The molecule has 30 heavy (non-hydrogen) atoms. The monoisotopic (exact) mass is 436 g/mol. The summed E-state index contributed by atoms with van der Waals surface area (Å²) in [6.45, 7) is 0. The molecule has 2 rings (SSSR count). The molecule has 0 heterocycles. The number of carboxylic acids is 3. The Hall–Kier alpha value is -3.57. The smallest absolute Gasteiger partial charge is 0.411 e. The molecule has 2 aromatic carbocycles. The molecule has 160 valence electrons. The Morgan fingerprint density at radius 1 is 0.600 bits per heavy atom. The molecule has 0 amide bonds. The number of halogens is 6. The second-order valence-corrected chi connectivity index (χ2v) is 6.00. The molecule has 0 aromatic heterocycles. The fourth-order valence-electron chi connectivity index (χ4n) is 2.99. The second-order valence-electron chi connectivity index (χ2n) is 6.00. The second kappa shape index (κ2) is 7.35. The van der Waals surface area contributed by atoms with E-state index in [1.165, 1.54) is 0 Å². The average Bonchev–Trinajstić information content (AvgIpc) is 2.59. The summed E-state index contributed by atoms with van der Waals surface area (Å²) < 4.78 is 84.0. The molecular weight excluding hydrogens is 426 g/mol. The van der Waals surface area contributed by atoms with Gasteiger partial charge in [-0.3, -0.25) is 0 Å². The van der Waals surface area contributed by atoms with Gasteiger partial charge in [0.15, 0.2) is 0 Å². The third kappa shape index (κ3) is 3.55. The minimum absolute atomic E-state index is 0.00211. The van der Waals surface area contributed by atoms with Crippen molar-refractivity contribution >= 4 is 17.9 Å². The van der Waals surface area contributed by atoms with Crippen LogP contribution in [0.4, 0.5) is 26.3 Å². The van der Waals surface area contributed by atoms with E-state index < -0.39 is 63.5 Å². The van der Waals surface area contributed by atoms with Crippen LogP contribution in [0.1, 0.15) is 42.2 Å². The molecule has 0 saturated carbocycles. The highest BCUT2D eigenvalue weighted by Crippen LogP contribution is 2.56. The van der Waals surface area contributed by atoms with E-state index in [0.717, 1.165) is 0 Å². The summed E-state index contributed by atoms with van der Waals surface area (Å²) in [7, 11) is 0. The first-order valence-electron chi connectivity index (χ1n) is 7.73. The predicted molar refractivity (Wildman–Crippen MR) is 86.7 cm³/mol. The van der Waals surface area contributed by atoms with E-state index in [0.29, 0.717) is 30.3 Å². The van der Waals surface area contributed by atoms with Crippen molar-refractivity contribution < 1.29 is 56.0 Å². The molecule has 0 spiro atoms. The fourth-order valence-corrected chi connectivity index (χ4v) is 2.99. The molecule has 12 heteroatoms. The topological polar surface area (TPSA) is 112 Å². The van der Waals surface area contributed by atoms with Crippen molar-refractivity contribution in [3.05, 3.63) is 70.3 Å². The van der Waals surface area contributed by atoms with E-state index in [-0.39, 0.29) is 12.1 Å². The van der Waals surface area contributed by atoms with Gasteiger partial charge in [0.25, 0.3) is 0 Å². The van der Waals surface area contributed by atoms with Crippen LogP contribution < -0.4 is 0 Å². The molecular formula is C18H10F6O6. The molecule has 6 nitrogen and oxygen atoms in total. The Labute approximate surface area is 163 Å². The summed E-state index contributed by atoms with van der Waals surface area (Å²) in [6.07, 6.45) is -12.1. The van der Waals surface area contributed by atoms with Crippen LogP contribution in [0.3, 0.4) is 0 Å². The first-order chi connectivity index (χ1) is 13.6. The van der Waals surface area contributed by atoms with E-state index in [9.17, 15) is 40.7 Å². The van der Waals surface area contributed by atoms with Gasteiger partial charge in [-0.1, -0.05) is 18.2 Å². The first kappa shape index (κ1) is 22.7. The van der Waals surface area contributed by atoms with Crippen LogP contribution in [0.2, 0.25) is 0 Å². The van der Waals surface area contributed by atoms with Crippen LogP contribution in [0.15, 0.2) is 42.5 Å². The van der Waals surface area contributed by atoms with Crippen molar-refractivity contribution in [3.8, 4) is 0 Å². The summed E-state index contributed by atoms with van der Waals surface area (Å²) in [5.74, 6) is -5.51. The summed E-state index contributed by atoms with van der Waals surface area (Å²) in [4.78, 5) is 33.2. The lowest BCUT2D eigenvalue weighted by Gasteiger charge is -2.38. The van der Waals surface area contributed by atoms with Crippen LogP contribution in [-0.2, 0) is 5.41 Å². The van der Waals surface area contributed by atoms with Crippen LogP contribution >= 0.6 is 0 Å². The maximum absolute atomic E-state index is 14.0. The lowest BCUT2D eigenvalue weighted by Crippen LogP contribution is -2.54. The summed E-state index contributed by atoms with van der Waals surface area (Å²) in [5.41, 5.74) is -10.6. The third-order valence-corrected chi connectivity index (χ3v) is 4.33. The summed E-state index contributed by atoms with van der Waals surface area (Å²) in [6, 6.07) is 2.26. The van der Waals surface area contributed by atoms with Gasteiger partial charge in [-0.05, 0) is 35.4 Å². The van der Waals surface area contributed by atoms with Gasteiger partial charge < -0.3 is 15.3 Å². The zero-order valence-corrected chi connectivity index (χ0v) is 14.4. The van der Waals surface area contributed by atoms with Gasteiger partial charge in [0.05, 0.1) is 16.7 Å². The maximum atomic E-state index is 14.0. The molecule has 0 radical (unpaired) electrons. The molecule has 0 aliphatic rings. The number of carbonyl (C=O) groups is 3. The van der Waals surface area contributed by atoms with Crippen molar-refractivity contribution in [2.75, 3.05) is 0 Å². The highest BCUT2D eigenvalue weighted by Gasteiger charge is 2.72. The minimum Gasteiger partial charge on any atom is -0.478 e. The Balaban J connectivity index is 2.97. The van der Waals surface area contributed by atoms with Gasteiger partial charge in [0, 0.05) is 0 Å². The normalized spacial score (nSPS) is 12.5. The Bertz CT molecular complexity index is 993. The van der Waals surface area contributed by atoms with E-state index >= 15 is 0 Å². The van der Waals surface area contributed by atoms with Gasteiger partial charge in [-0.25, -0.2) is 14.4 Å².